The Morgan fingerprint density at radius 3 is 2.50 bits per heavy atom. The van der Waals surface area contributed by atoms with E-state index in [1.54, 1.807) is 0 Å². The Bertz CT molecular complexity index is 449. The molecule has 1 aliphatic rings. The molecule has 2 heterocycles. The molecule has 0 aromatic carbocycles. The first-order chi connectivity index (χ1) is 9.55. The predicted molar refractivity (Wildman–Crippen MR) is 83.6 cm³/mol. The van der Waals surface area contributed by atoms with Crippen LogP contribution in [-0.2, 0) is 0 Å². The Balaban J connectivity index is 2.31. The van der Waals surface area contributed by atoms with Crippen molar-refractivity contribution in [3.8, 4) is 0 Å². The summed E-state index contributed by atoms with van der Waals surface area (Å²) in [4.78, 5) is 17.6. The van der Waals surface area contributed by atoms with Gasteiger partial charge in [-0.25, -0.2) is 0 Å². The maximum Gasteiger partial charge on any atom is 0.231 e. The van der Waals surface area contributed by atoms with E-state index < -0.39 is 0 Å². The van der Waals surface area contributed by atoms with E-state index in [0.29, 0.717) is 23.9 Å². The highest BCUT2D eigenvalue weighted by atomic mass is 35.5. The maximum absolute atomic E-state index is 6.10. The molecule has 0 aliphatic carbocycles. The van der Waals surface area contributed by atoms with Crippen LogP contribution in [0.3, 0.4) is 0 Å². The van der Waals surface area contributed by atoms with Crippen molar-refractivity contribution in [1.29, 1.82) is 0 Å². The summed E-state index contributed by atoms with van der Waals surface area (Å²) >= 11 is 6.10. The molecule has 1 aromatic rings. The number of hydrogen-bond acceptors (Lipinski definition) is 5. The second-order valence-electron chi connectivity index (χ2n) is 5.56. The SMILES string of the molecule is CCN(CC)c1nc(Cl)nc(N2CC(C)CCC2C)n1. The van der Waals surface area contributed by atoms with Crippen molar-refractivity contribution in [2.24, 2.45) is 5.92 Å². The summed E-state index contributed by atoms with van der Waals surface area (Å²) in [6.45, 7) is 11.4. The zero-order chi connectivity index (χ0) is 14.7. The summed E-state index contributed by atoms with van der Waals surface area (Å²) in [5, 5.41) is 0.280. The monoisotopic (exact) mass is 297 g/mol. The quantitative estimate of drug-likeness (QED) is 0.855. The van der Waals surface area contributed by atoms with Crippen molar-refractivity contribution in [1.82, 2.24) is 15.0 Å². The molecule has 0 N–H and O–H groups in total. The Morgan fingerprint density at radius 1 is 1.15 bits per heavy atom. The predicted octanol–water partition coefficient (Wildman–Crippen LogP) is 3.00. The number of piperidine rings is 1. The lowest BCUT2D eigenvalue weighted by Gasteiger charge is -2.37. The van der Waals surface area contributed by atoms with E-state index in [0.717, 1.165) is 19.6 Å². The van der Waals surface area contributed by atoms with E-state index >= 15 is 0 Å². The normalized spacial score (nSPS) is 22.9. The first-order valence-corrected chi connectivity index (χ1v) is 7.86. The molecule has 112 valence electrons. The number of aromatic nitrogens is 3. The van der Waals surface area contributed by atoms with Crippen molar-refractivity contribution >= 4 is 23.5 Å². The number of anilines is 2. The van der Waals surface area contributed by atoms with Gasteiger partial charge in [0.2, 0.25) is 17.2 Å². The molecule has 1 fully saturated rings. The first kappa shape index (κ1) is 15.3. The zero-order valence-electron chi connectivity index (χ0n) is 12.8. The van der Waals surface area contributed by atoms with Gasteiger partial charge < -0.3 is 9.80 Å². The highest BCUT2D eigenvalue weighted by Crippen LogP contribution is 2.26. The Morgan fingerprint density at radius 2 is 1.85 bits per heavy atom. The van der Waals surface area contributed by atoms with Gasteiger partial charge in [-0.15, -0.1) is 0 Å². The summed E-state index contributed by atoms with van der Waals surface area (Å²) in [5.41, 5.74) is 0. The van der Waals surface area contributed by atoms with Crippen LogP contribution in [0.2, 0.25) is 5.28 Å². The van der Waals surface area contributed by atoms with Gasteiger partial charge in [-0.1, -0.05) is 6.92 Å². The fourth-order valence-electron chi connectivity index (χ4n) is 2.67. The van der Waals surface area contributed by atoms with Crippen LogP contribution in [0.4, 0.5) is 11.9 Å². The average molecular weight is 298 g/mol. The van der Waals surface area contributed by atoms with Gasteiger partial charge in [0.05, 0.1) is 0 Å². The Labute approximate surface area is 126 Å². The van der Waals surface area contributed by atoms with Crippen molar-refractivity contribution in [3.05, 3.63) is 5.28 Å². The largest absolute Gasteiger partial charge is 0.341 e. The molecule has 2 atom stereocenters. The van der Waals surface area contributed by atoms with E-state index in [9.17, 15) is 0 Å². The van der Waals surface area contributed by atoms with Gasteiger partial charge in [0.1, 0.15) is 0 Å². The van der Waals surface area contributed by atoms with Crippen LogP contribution in [-0.4, -0.2) is 40.6 Å². The van der Waals surface area contributed by atoms with Gasteiger partial charge in [-0.05, 0) is 51.1 Å². The molecular weight excluding hydrogens is 274 g/mol. The van der Waals surface area contributed by atoms with Crippen LogP contribution in [0, 0.1) is 5.92 Å². The summed E-state index contributed by atoms with van der Waals surface area (Å²) in [5.74, 6) is 2.06. The molecule has 1 saturated heterocycles. The van der Waals surface area contributed by atoms with Crippen molar-refractivity contribution < 1.29 is 0 Å². The smallest absolute Gasteiger partial charge is 0.231 e. The minimum absolute atomic E-state index is 0.280. The second-order valence-corrected chi connectivity index (χ2v) is 5.90. The molecule has 1 aliphatic heterocycles. The van der Waals surface area contributed by atoms with Gasteiger partial charge >= 0.3 is 0 Å². The van der Waals surface area contributed by atoms with Crippen LogP contribution in [0.25, 0.3) is 0 Å². The summed E-state index contributed by atoms with van der Waals surface area (Å²) in [6, 6.07) is 0.453. The molecule has 5 nitrogen and oxygen atoms in total. The standard InChI is InChI=1S/C14H24ClN5/c1-5-19(6-2)13-16-12(15)17-14(18-13)20-9-10(3)7-8-11(20)4/h10-11H,5-9H2,1-4H3. The molecular formula is C14H24ClN5. The maximum atomic E-state index is 6.10. The average Bonchev–Trinajstić information content (AvgIpc) is 2.42. The van der Waals surface area contributed by atoms with Gasteiger partial charge in [0.25, 0.3) is 0 Å². The third kappa shape index (κ3) is 3.32. The molecule has 0 bridgehead atoms. The van der Waals surface area contributed by atoms with E-state index in [1.807, 2.05) is 0 Å². The Hall–Kier alpha value is -1.10. The molecule has 2 unspecified atom stereocenters. The van der Waals surface area contributed by atoms with Gasteiger partial charge in [0, 0.05) is 25.7 Å². The van der Waals surface area contributed by atoms with E-state index in [-0.39, 0.29) is 5.28 Å². The molecule has 1 aromatic heterocycles. The molecule has 20 heavy (non-hydrogen) atoms. The van der Waals surface area contributed by atoms with Crippen LogP contribution in [0.5, 0.6) is 0 Å². The van der Waals surface area contributed by atoms with E-state index in [1.165, 1.54) is 12.8 Å². The summed E-state index contributed by atoms with van der Waals surface area (Å²) in [7, 11) is 0. The highest BCUT2D eigenvalue weighted by Gasteiger charge is 2.26. The molecule has 0 saturated carbocycles. The Kier molecular flexibility index (Phi) is 5.02. The molecule has 6 heteroatoms. The molecule has 2 rings (SSSR count). The fraction of sp³-hybridized carbons (Fsp3) is 0.786. The van der Waals surface area contributed by atoms with Crippen molar-refractivity contribution in [3.63, 3.8) is 0 Å². The number of nitrogens with zero attached hydrogens (tertiary/aromatic N) is 5. The third-order valence-electron chi connectivity index (χ3n) is 4.01. The summed E-state index contributed by atoms with van der Waals surface area (Å²) < 4.78 is 0. The first-order valence-electron chi connectivity index (χ1n) is 7.48. The van der Waals surface area contributed by atoms with Crippen LogP contribution in [0.1, 0.15) is 40.5 Å². The highest BCUT2D eigenvalue weighted by molar-refractivity contribution is 6.28. The van der Waals surface area contributed by atoms with E-state index in [2.05, 4.69) is 52.4 Å². The number of rotatable bonds is 4. The lowest BCUT2D eigenvalue weighted by molar-refractivity contribution is 0.385. The minimum atomic E-state index is 0.280. The molecule has 0 spiro atoms. The van der Waals surface area contributed by atoms with E-state index in [4.69, 9.17) is 11.6 Å². The minimum Gasteiger partial charge on any atom is -0.341 e. The summed E-state index contributed by atoms with van der Waals surface area (Å²) in [6.07, 6.45) is 2.43. The van der Waals surface area contributed by atoms with Crippen molar-refractivity contribution in [2.45, 2.75) is 46.6 Å². The fourth-order valence-corrected chi connectivity index (χ4v) is 2.82. The van der Waals surface area contributed by atoms with Crippen molar-refractivity contribution in [2.75, 3.05) is 29.4 Å². The second kappa shape index (κ2) is 6.57. The lowest BCUT2D eigenvalue weighted by atomic mass is 9.95. The van der Waals surface area contributed by atoms with Crippen LogP contribution in [0.15, 0.2) is 0 Å². The molecule has 0 radical (unpaired) electrons. The third-order valence-corrected chi connectivity index (χ3v) is 4.17. The van der Waals surface area contributed by atoms with Crippen LogP contribution >= 0.6 is 11.6 Å². The van der Waals surface area contributed by atoms with Gasteiger partial charge in [0.15, 0.2) is 0 Å². The zero-order valence-corrected chi connectivity index (χ0v) is 13.6. The van der Waals surface area contributed by atoms with Crippen LogP contribution < -0.4 is 9.80 Å². The molecule has 0 amide bonds. The topological polar surface area (TPSA) is 45.2 Å². The lowest BCUT2D eigenvalue weighted by Crippen LogP contribution is -2.42. The van der Waals surface area contributed by atoms with Gasteiger partial charge in [-0.2, -0.15) is 15.0 Å². The van der Waals surface area contributed by atoms with Gasteiger partial charge in [-0.3, -0.25) is 0 Å². The number of halogens is 1. The number of hydrogen-bond donors (Lipinski definition) is 0.